The maximum Gasteiger partial charge on any atom is 0.191 e. The van der Waals surface area contributed by atoms with Crippen molar-refractivity contribution in [1.82, 2.24) is 16.0 Å². The average molecular weight is 280 g/mol. The fourth-order valence-electron chi connectivity index (χ4n) is 3.27. The summed E-state index contributed by atoms with van der Waals surface area (Å²) in [5.74, 6) is 1.05. The van der Waals surface area contributed by atoms with Crippen molar-refractivity contribution in [2.45, 2.75) is 76.3 Å². The molecule has 0 aromatic carbocycles. The van der Waals surface area contributed by atoms with E-state index in [0.29, 0.717) is 12.1 Å². The molecule has 2 fully saturated rings. The Morgan fingerprint density at radius 3 is 2.20 bits per heavy atom. The summed E-state index contributed by atoms with van der Waals surface area (Å²) >= 11 is 0. The van der Waals surface area contributed by atoms with Crippen molar-refractivity contribution >= 4 is 5.96 Å². The Morgan fingerprint density at radius 1 is 0.900 bits per heavy atom. The number of guanidine groups is 1. The molecule has 0 bridgehead atoms. The summed E-state index contributed by atoms with van der Waals surface area (Å²) < 4.78 is 0. The summed E-state index contributed by atoms with van der Waals surface area (Å²) in [5.41, 5.74) is 0. The van der Waals surface area contributed by atoms with Gasteiger partial charge in [0.1, 0.15) is 0 Å². The molecule has 4 nitrogen and oxygen atoms in total. The zero-order valence-electron chi connectivity index (χ0n) is 13.1. The third-order valence-electron chi connectivity index (χ3n) is 4.50. The second kappa shape index (κ2) is 9.22. The Morgan fingerprint density at radius 2 is 1.55 bits per heavy atom. The molecule has 20 heavy (non-hydrogen) atoms. The Kier molecular flexibility index (Phi) is 7.20. The average Bonchev–Trinajstić information content (AvgIpc) is 2.49. The maximum absolute atomic E-state index is 4.97. The van der Waals surface area contributed by atoms with Gasteiger partial charge in [-0.05, 0) is 32.7 Å². The highest BCUT2D eigenvalue weighted by Crippen LogP contribution is 2.21. The van der Waals surface area contributed by atoms with Gasteiger partial charge < -0.3 is 16.0 Å². The molecule has 0 aromatic rings. The van der Waals surface area contributed by atoms with Crippen LogP contribution in [0.1, 0.15) is 64.2 Å². The number of aliphatic imine (C=N–C) groups is 1. The Balaban J connectivity index is 1.85. The quantitative estimate of drug-likeness (QED) is 0.412. The van der Waals surface area contributed by atoms with Crippen LogP contribution in [0.4, 0.5) is 0 Å². The van der Waals surface area contributed by atoms with Crippen molar-refractivity contribution in [3.05, 3.63) is 0 Å². The van der Waals surface area contributed by atoms with Crippen LogP contribution in [0.15, 0.2) is 4.99 Å². The molecule has 0 saturated heterocycles. The van der Waals surface area contributed by atoms with Crippen molar-refractivity contribution in [2.24, 2.45) is 4.99 Å². The summed E-state index contributed by atoms with van der Waals surface area (Å²) in [6.07, 6.45) is 13.4. The van der Waals surface area contributed by atoms with Gasteiger partial charge in [-0.25, -0.2) is 4.99 Å². The molecule has 0 atom stereocenters. The molecule has 2 aliphatic carbocycles. The van der Waals surface area contributed by atoms with E-state index in [4.69, 9.17) is 4.99 Å². The van der Waals surface area contributed by atoms with Gasteiger partial charge in [0.05, 0.1) is 6.04 Å². The van der Waals surface area contributed by atoms with Gasteiger partial charge in [-0.3, -0.25) is 0 Å². The minimum Gasteiger partial charge on any atom is -0.355 e. The number of rotatable bonds is 5. The van der Waals surface area contributed by atoms with E-state index in [0.717, 1.165) is 19.0 Å². The van der Waals surface area contributed by atoms with Crippen LogP contribution < -0.4 is 16.0 Å². The predicted octanol–water partition coefficient (Wildman–Crippen LogP) is 2.41. The molecule has 0 spiro atoms. The lowest BCUT2D eigenvalue weighted by molar-refractivity contribution is 0.404. The molecule has 0 heterocycles. The number of nitrogens with zero attached hydrogens (tertiary/aromatic N) is 1. The lowest BCUT2D eigenvalue weighted by Gasteiger charge is -2.26. The van der Waals surface area contributed by atoms with Crippen molar-refractivity contribution in [3.63, 3.8) is 0 Å². The molecule has 2 aliphatic rings. The molecular formula is C16H32N4. The zero-order valence-corrected chi connectivity index (χ0v) is 13.1. The summed E-state index contributed by atoms with van der Waals surface area (Å²) in [4.78, 5) is 4.97. The summed E-state index contributed by atoms with van der Waals surface area (Å²) in [6, 6.07) is 1.17. The van der Waals surface area contributed by atoms with Crippen LogP contribution >= 0.6 is 0 Å². The smallest absolute Gasteiger partial charge is 0.191 e. The molecule has 0 amide bonds. The first-order chi connectivity index (χ1) is 9.88. The van der Waals surface area contributed by atoms with E-state index in [-0.39, 0.29) is 0 Å². The lowest BCUT2D eigenvalue weighted by atomic mass is 9.95. The van der Waals surface area contributed by atoms with Crippen molar-refractivity contribution in [2.75, 3.05) is 20.1 Å². The molecule has 2 saturated carbocycles. The van der Waals surface area contributed by atoms with Crippen LogP contribution in [0.3, 0.4) is 0 Å². The van der Waals surface area contributed by atoms with E-state index in [1.165, 1.54) is 64.2 Å². The van der Waals surface area contributed by atoms with Gasteiger partial charge in [0.2, 0.25) is 0 Å². The monoisotopic (exact) mass is 280 g/mol. The van der Waals surface area contributed by atoms with Crippen LogP contribution in [0, 0.1) is 0 Å². The highest BCUT2D eigenvalue weighted by molar-refractivity contribution is 5.80. The predicted molar refractivity (Wildman–Crippen MR) is 86.2 cm³/mol. The van der Waals surface area contributed by atoms with E-state index in [9.17, 15) is 0 Å². The van der Waals surface area contributed by atoms with Crippen LogP contribution in [0.25, 0.3) is 0 Å². The number of nitrogens with one attached hydrogen (secondary N) is 3. The largest absolute Gasteiger partial charge is 0.355 e. The highest BCUT2D eigenvalue weighted by Gasteiger charge is 2.17. The van der Waals surface area contributed by atoms with E-state index >= 15 is 0 Å². The van der Waals surface area contributed by atoms with Gasteiger partial charge in [-0.2, -0.15) is 0 Å². The second-order valence-corrected chi connectivity index (χ2v) is 6.28. The van der Waals surface area contributed by atoms with E-state index < -0.39 is 0 Å². The Hall–Kier alpha value is -0.770. The third kappa shape index (κ3) is 5.70. The van der Waals surface area contributed by atoms with Crippen LogP contribution in [-0.2, 0) is 0 Å². The summed E-state index contributed by atoms with van der Waals surface area (Å²) in [7, 11) is 1.99. The molecule has 3 N–H and O–H groups in total. The van der Waals surface area contributed by atoms with E-state index in [1.54, 1.807) is 0 Å². The first-order valence-electron chi connectivity index (χ1n) is 8.61. The summed E-state index contributed by atoms with van der Waals surface area (Å²) in [5, 5.41) is 10.3. The zero-order chi connectivity index (χ0) is 14.0. The van der Waals surface area contributed by atoms with Gasteiger partial charge in [0, 0.05) is 19.1 Å². The molecule has 2 rings (SSSR count). The van der Waals surface area contributed by atoms with Gasteiger partial charge >= 0.3 is 0 Å². The fraction of sp³-hybridized carbons (Fsp3) is 0.938. The molecule has 0 aromatic heterocycles. The first-order valence-corrected chi connectivity index (χ1v) is 8.61. The second-order valence-electron chi connectivity index (χ2n) is 6.28. The minimum absolute atomic E-state index is 0.539. The SMILES string of the molecule is CNCCN/C(=N/C1CCCCC1)NC1CCCCC1. The number of likely N-dealkylation sites (N-methyl/N-ethyl adjacent to an activating group) is 1. The topological polar surface area (TPSA) is 48.5 Å². The molecular weight excluding hydrogens is 248 g/mol. The Labute approximate surface area is 124 Å². The van der Waals surface area contributed by atoms with Gasteiger partial charge in [0.15, 0.2) is 5.96 Å². The number of hydrogen-bond acceptors (Lipinski definition) is 2. The highest BCUT2D eigenvalue weighted by atomic mass is 15.2. The van der Waals surface area contributed by atoms with Crippen molar-refractivity contribution in [3.8, 4) is 0 Å². The molecule has 0 unspecified atom stereocenters. The lowest BCUT2D eigenvalue weighted by Crippen LogP contribution is -2.46. The molecule has 116 valence electrons. The van der Waals surface area contributed by atoms with Crippen LogP contribution in [0.2, 0.25) is 0 Å². The van der Waals surface area contributed by atoms with Crippen LogP contribution in [0.5, 0.6) is 0 Å². The molecule has 0 aliphatic heterocycles. The van der Waals surface area contributed by atoms with Crippen molar-refractivity contribution in [1.29, 1.82) is 0 Å². The maximum atomic E-state index is 4.97. The van der Waals surface area contributed by atoms with Gasteiger partial charge in [-0.15, -0.1) is 0 Å². The van der Waals surface area contributed by atoms with Crippen LogP contribution in [-0.4, -0.2) is 38.2 Å². The third-order valence-corrected chi connectivity index (χ3v) is 4.50. The van der Waals surface area contributed by atoms with E-state index in [1.807, 2.05) is 7.05 Å². The Bertz CT molecular complexity index is 278. The standard InChI is InChI=1S/C16H32N4/c1-17-12-13-18-16(19-14-8-4-2-5-9-14)20-15-10-6-3-7-11-15/h14-15,17H,2-13H2,1H3,(H2,18,19,20). The van der Waals surface area contributed by atoms with Gasteiger partial charge in [-0.1, -0.05) is 38.5 Å². The minimum atomic E-state index is 0.539. The van der Waals surface area contributed by atoms with E-state index in [2.05, 4.69) is 16.0 Å². The number of hydrogen-bond donors (Lipinski definition) is 3. The van der Waals surface area contributed by atoms with Crippen molar-refractivity contribution < 1.29 is 0 Å². The summed E-state index contributed by atoms with van der Waals surface area (Å²) in [6.45, 7) is 1.93. The fourth-order valence-corrected chi connectivity index (χ4v) is 3.27. The normalized spacial score (nSPS) is 22.8. The molecule has 0 radical (unpaired) electrons. The first kappa shape index (κ1) is 15.6. The van der Waals surface area contributed by atoms with Gasteiger partial charge in [0.25, 0.3) is 0 Å². The molecule has 4 heteroatoms.